The third kappa shape index (κ3) is 6.37. The lowest BCUT2D eigenvalue weighted by Crippen LogP contribution is -2.32. The first-order valence-electron chi connectivity index (χ1n) is 15.2. The van der Waals surface area contributed by atoms with Crippen LogP contribution in [0, 0.1) is 5.41 Å². The van der Waals surface area contributed by atoms with Gasteiger partial charge in [0.05, 0.1) is 12.1 Å². The Morgan fingerprint density at radius 3 is 2.09 bits per heavy atom. The Morgan fingerprint density at radius 1 is 0.909 bits per heavy atom. The largest absolute Gasteiger partial charge is 0.449 e. The summed E-state index contributed by atoms with van der Waals surface area (Å²) in [7, 11) is 0. The molecule has 234 valence electrons. The highest BCUT2D eigenvalue weighted by Gasteiger charge is 2.47. The van der Waals surface area contributed by atoms with Gasteiger partial charge in [0.25, 0.3) is 0 Å². The zero-order chi connectivity index (χ0) is 32.6. The second-order valence-corrected chi connectivity index (χ2v) is 13.4. The molecule has 7 heteroatoms. The van der Waals surface area contributed by atoms with E-state index in [-0.39, 0.29) is 17.9 Å². The molecule has 1 heterocycles. The Hall–Kier alpha value is -4.13. The number of carbonyl (C=O) groups is 3. The third-order valence-corrected chi connectivity index (χ3v) is 8.46. The van der Waals surface area contributed by atoms with Crippen molar-refractivity contribution in [1.29, 1.82) is 0 Å². The van der Waals surface area contributed by atoms with E-state index in [1.54, 1.807) is 11.5 Å². The predicted octanol–water partition coefficient (Wildman–Crippen LogP) is 9.00. The Bertz CT molecular complexity index is 1640. The zero-order valence-corrected chi connectivity index (χ0v) is 27.7. The highest BCUT2D eigenvalue weighted by atomic mass is 16.6. The lowest BCUT2D eigenvalue weighted by molar-refractivity contribution is -0.139. The molecule has 0 aliphatic heterocycles. The molecule has 1 aliphatic rings. The van der Waals surface area contributed by atoms with Gasteiger partial charge in [-0.1, -0.05) is 77.1 Å². The summed E-state index contributed by atoms with van der Waals surface area (Å²) in [5.41, 5.74) is 4.45. The van der Waals surface area contributed by atoms with Gasteiger partial charge < -0.3 is 14.2 Å². The molecule has 3 aromatic rings. The van der Waals surface area contributed by atoms with Crippen LogP contribution < -0.4 is 0 Å². The van der Waals surface area contributed by atoms with Crippen LogP contribution in [0.15, 0.2) is 65.6 Å². The molecule has 0 unspecified atom stereocenters. The van der Waals surface area contributed by atoms with Crippen molar-refractivity contribution < 1.29 is 28.6 Å². The molecule has 0 N–H and O–H groups in total. The zero-order valence-electron chi connectivity index (χ0n) is 27.7. The van der Waals surface area contributed by atoms with Gasteiger partial charge in [-0.15, -0.1) is 0 Å². The van der Waals surface area contributed by atoms with Gasteiger partial charge in [0, 0.05) is 54.2 Å². The minimum atomic E-state index is -0.734. The maximum absolute atomic E-state index is 13.8. The first-order chi connectivity index (χ1) is 20.6. The standard InChI is InChI=1S/C37H45NO6/c1-11-42-35(41)38-30-15-13-12-14-27(30)28-21-32(44-24(5)40)37(9,10)33(25-16-18-26(19-17-25)36(6,7)8)29(34(28)38)20-31(22(2)3)43-23(4)39/h12-19,21,29,33H,11,20H2,1-10H3/t29-,33-/m1/s1. The van der Waals surface area contributed by atoms with Gasteiger partial charge in [-0.25, -0.2) is 9.36 Å². The van der Waals surface area contributed by atoms with Crippen molar-refractivity contribution in [1.82, 2.24) is 4.57 Å². The summed E-state index contributed by atoms with van der Waals surface area (Å²) in [6.45, 7) is 19.3. The number of fused-ring (bicyclic) bond motifs is 3. The van der Waals surface area contributed by atoms with E-state index < -0.39 is 29.4 Å². The van der Waals surface area contributed by atoms with Crippen molar-refractivity contribution in [3.63, 3.8) is 0 Å². The van der Waals surface area contributed by atoms with Crippen LogP contribution in [0.1, 0.15) is 110 Å². The fourth-order valence-corrected chi connectivity index (χ4v) is 6.41. The van der Waals surface area contributed by atoms with Crippen LogP contribution in [0.2, 0.25) is 0 Å². The number of allylic oxidation sites excluding steroid dienone is 3. The summed E-state index contributed by atoms with van der Waals surface area (Å²) in [5.74, 6) is -0.513. The van der Waals surface area contributed by atoms with Crippen LogP contribution in [0.25, 0.3) is 17.0 Å². The van der Waals surface area contributed by atoms with Crippen molar-refractivity contribution in [3.05, 3.63) is 88.0 Å². The molecule has 0 saturated heterocycles. The maximum atomic E-state index is 13.8. The number of ether oxygens (including phenoxy) is 3. The van der Waals surface area contributed by atoms with Crippen LogP contribution in [0.4, 0.5) is 4.79 Å². The third-order valence-electron chi connectivity index (χ3n) is 8.46. The van der Waals surface area contributed by atoms with E-state index in [1.165, 1.54) is 19.4 Å². The highest BCUT2D eigenvalue weighted by Crippen LogP contribution is 2.56. The van der Waals surface area contributed by atoms with Gasteiger partial charge in [0.15, 0.2) is 0 Å². The summed E-state index contributed by atoms with van der Waals surface area (Å²) < 4.78 is 19.1. The van der Waals surface area contributed by atoms with E-state index in [0.717, 1.165) is 27.8 Å². The Labute approximate surface area is 260 Å². The van der Waals surface area contributed by atoms with E-state index in [1.807, 2.05) is 44.2 Å². The van der Waals surface area contributed by atoms with E-state index in [2.05, 4.69) is 58.9 Å². The van der Waals surface area contributed by atoms with Gasteiger partial charge >= 0.3 is 18.0 Å². The fourth-order valence-electron chi connectivity index (χ4n) is 6.41. The summed E-state index contributed by atoms with van der Waals surface area (Å²) in [6, 6.07) is 16.2. The average Bonchev–Trinajstić information content (AvgIpc) is 3.21. The Morgan fingerprint density at radius 2 is 1.55 bits per heavy atom. The minimum Gasteiger partial charge on any atom is -0.449 e. The second kappa shape index (κ2) is 12.5. The topological polar surface area (TPSA) is 83.8 Å². The molecule has 2 atom stereocenters. The maximum Gasteiger partial charge on any atom is 0.418 e. The monoisotopic (exact) mass is 599 g/mol. The lowest BCUT2D eigenvalue weighted by atomic mass is 9.65. The number of hydrogen-bond donors (Lipinski definition) is 0. The molecule has 1 aliphatic carbocycles. The highest BCUT2D eigenvalue weighted by molar-refractivity contribution is 5.98. The quantitative estimate of drug-likeness (QED) is 0.160. The van der Waals surface area contributed by atoms with Crippen molar-refractivity contribution in [2.45, 2.75) is 92.9 Å². The van der Waals surface area contributed by atoms with Gasteiger partial charge in [-0.3, -0.25) is 9.59 Å². The number of para-hydroxylation sites is 1. The number of nitrogens with zero attached hydrogens (tertiary/aromatic N) is 1. The SMILES string of the molecule is CCOC(=O)n1c2c(c3ccccc31)C=C(OC(C)=O)C(C)(C)[C@H](c1ccc(C(C)(C)C)cc1)[C@H]2CC(OC(C)=O)=C(C)C. The van der Waals surface area contributed by atoms with Crippen molar-refractivity contribution in [2.75, 3.05) is 6.61 Å². The number of carbonyl (C=O) groups excluding carboxylic acids is 3. The number of aromatic nitrogens is 1. The number of rotatable bonds is 6. The summed E-state index contributed by atoms with van der Waals surface area (Å²) in [4.78, 5) is 38.6. The fraction of sp³-hybridized carbons (Fsp3) is 0.432. The second-order valence-electron chi connectivity index (χ2n) is 13.4. The van der Waals surface area contributed by atoms with Crippen LogP contribution in [0.5, 0.6) is 0 Å². The molecular weight excluding hydrogens is 554 g/mol. The Kier molecular flexibility index (Phi) is 9.29. The summed E-state index contributed by atoms with van der Waals surface area (Å²) in [6.07, 6.45) is 1.73. The first-order valence-corrected chi connectivity index (χ1v) is 15.2. The molecular formula is C37H45NO6. The molecule has 4 rings (SSSR count). The average molecular weight is 600 g/mol. The van der Waals surface area contributed by atoms with Gasteiger partial charge in [0.2, 0.25) is 0 Å². The van der Waals surface area contributed by atoms with Crippen molar-refractivity contribution in [2.24, 2.45) is 5.41 Å². The van der Waals surface area contributed by atoms with Crippen LogP contribution >= 0.6 is 0 Å². The molecule has 0 bridgehead atoms. The normalized spacial score (nSPS) is 17.6. The summed E-state index contributed by atoms with van der Waals surface area (Å²) >= 11 is 0. The molecule has 0 radical (unpaired) electrons. The molecule has 0 saturated carbocycles. The first kappa shape index (κ1) is 32.8. The molecule has 0 spiro atoms. The van der Waals surface area contributed by atoms with Gasteiger partial charge in [-0.05, 0) is 55.0 Å². The minimum absolute atomic E-state index is 0.0478. The van der Waals surface area contributed by atoms with Crippen molar-refractivity contribution in [3.8, 4) is 0 Å². The van der Waals surface area contributed by atoms with Crippen LogP contribution in [-0.2, 0) is 29.2 Å². The number of benzene rings is 2. The van der Waals surface area contributed by atoms with Crippen LogP contribution in [-0.4, -0.2) is 29.2 Å². The van der Waals surface area contributed by atoms with E-state index in [0.29, 0.717) is 23.5 Å². The summed E-state index contributed by atoms with van der Waals surface area (Å²) in [5, 5.41) is 0.830. The molecule has 44 heavy (non-hydrogen) atoms. The van der Waals surface area contributed by atoms with Crippen molar-refractivity contribution >= 4 is 35.0 Å². The molecule has 7 nitrogen and oxygen atoms in total. The predicted molar refractivity (Wildman–Crippen MR) is 173 cm³/mol. The Balaban J connectivity index is 2.16. The van der Waals surface area contributed by atoms with E-state index in [4.69, 9.17) is 14.2 Å². The van der Waals surface area contributed by atoms with E-state index in [9.17, 15) is 14.4 Å². The van der Waals surface area contributed by atoms with Gasteiger partial charge in [-0.2, -0.15) is 0 Å². The lowest BCUT2D eigenvalue weighted by Gasteiger charge is -2.40. The van der Waals surface area contributed by atoms with E-state index >= 15 is 0 Å². The van der Waals surface area contributed by atoms with Crippen LogP contribution in [0.3, 0.4) is 0 Å². The molecule has 0 amide bonds. The number of esters is 2. The molecule has 2 aromatic carbocycles. The number of hydrogen-bond acceptors (Lipinski definition) is 6. The molecule has 1 aromatic heterocycles. The smallest absolute Gasteiger partial charge is 0.418 e. The molecule has 0 fully saturated rings. The van der Waals surface area contributed by atoms with Gasteiger partial charge in [0.1, 0.15) is 11.5 Å².